The van der Waals surface area contributed by atoms with E-state index in [4.69, 9.17) is 10.6 Å². The highest BCUT2D eigenvalue weighted by Crippen LogP contribution is 2.17. The maximum absolute atomic E-state index is 5.60. The molecule has 0 spiro atoms. The van der Waals surface area contributed by atoms with Crippen LogP contribution in [0.15, 0.2) is 4.99 Å². The van der Waals surface area contributed by atoms with Crippen LogP contribution in [0.1, 0.15) is 26.2 Å². The molecule has 1 fully saturated rings. The first kappa shape index (κ1) is 17.2. The van der Waals surface area contributed by atoms with Gasteiger partial charge in [-0.1, -0.05) is 0 Å². The maximum atomic E-state index is 5.60. The number of guanidine groups is 1. The summed E-state index contributed by atoms with van der Waals surface area (Å²) in [4.78, 5) is 9.06. The van der Waals surface area contributed by atoms with Gasteiger partial charge in [-0.15, -0.1) is 0 Å². The molecule has 6 heteroatoms. The average molecular weight is 285 g/mol. The topological polar surface area (TPSA) is 66.1 Å². The average Bonchev–Trinajstić information content (AvgIpc) is 2.43. The number of likely N-dealkylation sites (tertiary alicyclic amines) is 1. The molecule has 0 aromatic rings. The predicted molar refractivity (Wildman–Crippen MR) is 83.6 cm³/mol. The Balaban J connectivity index is 2.30. The molecule has 0 amide bonds. The second kappa shape index (κ2) is 9.96. The van der Waals surface area contributed by atoms with Crippen molar-refractivity contribution in [1.82, 2.24) is 15.2 Å². The fourth-order valence-electron chi connectivity index (χ4n) is 2.58. The van der Waals surface area contributed by atoms with Crippen LogP contribution in [-0.4, -0.2) is 69.2 Å². The first-order valence-electron chi connectivity index (χ1n) is 7.65. The minimum absolute atomic E-state index is 0.761. The third kappa shape index (κ3) is 6.54. The molecular weight excluding hydrogens is 254 g/mol. The van der Waals surface area contributed by atoms with Gasteiger partial charge in [0.15, 0.2) is 0 Å². The molecule has 1 saturated heterocycles. The van der Waals surface area contributed by atoms with Crippen LogP contribution in [-0.2, 0) is 4.74 Å². The molecule has 0 bridgehead atoms. The summed E-state index contributed by atoms with van der Waals surface area (Å²) in [5, 5.41) is 0. The summed E-state index contributed by atoms with van der Waals surface area (Å²) in [6.45, 7) is 7.55. The van der Waals surface area contributed by atoms with E-state index in [0.717, 1.165) is 51.1 Å². The van der Waals surface area contributed by atoms with Gasteiger partial charge >= 0.3 is 0 Å². The number of aliphatic imine (C=N–C) groups is 1. The second-order valence-electron chi connectivity index (χ2n) is 5.59. The van der Waals surface area contributed by atoms with E-state index >= 15 is 0 Å². The molecule has 118 valence electrons. The minimum Gasteiger partial charge on any atom is -0.382 e. The van der Waals surface area contributed by atoms with E-state index < -0.39 is 0 Å². The van der Waals surface area contributed by atoms with Gasteiger partial charge in [0.2, 0.25) is 5.96 Å². The zero-order chi connectivity index (χ0) is 14.8. The zero-order valence-electron chi connectivity index (χ0n) is 13.3. The van der Waals surface area contributed by atoms with Crippen LogP contribution in [0.2, 0.25) is 0 Å². The molecule has 3 N–H and O–H groups in total. The summed E-state index contributed by atoms with van der Waals surface area (Å²) >= 11 is 0. The van der Waals surface area contributed by atoms with Crippen molar-refractivity contribution in [2.45, 2.75) is 26.2 Å². The standard InChI is InChI=1S/C14H31N5O/c1-4-20-11-5-8-16-14(17-15)19-9-6-13(7-10-19)12-18(2)3/h13H,4-12,15H2,1-3H3,(H,16,17). The van der Waals surface area contributed by atoms with Crippen molar-refractivity contribution in [2.75, 3.05) is 53.5 Å². The first-order chi connectivity index (χ1) is 9.67. The third-order valence-electron chi connectivity index (χ3n) is 3.58. The number of hydrogen-bond acceptors (Lipinski definition) is 4. The molecule has 6 nitrogen and oxygen atoms in total. The predicted octanol–water partition coefficient (Wildman–Crippen LogP) is 0.506. The van der Waals surface area contributed by atoms with E-state index in [0.29, 0.717) is 0 Å². The molecular formula is C14H31N5O. The molecule has 1 aliphatic heterocycles. The Hall–Kier alpha value is -0.850. The molecule has 0 aromatic carbocycles. The van der Waals surface area contributed by atoms with Crippen LogP contribution in [0.25, 0.3) is 0 Å². The zero-order valence-corrected chi connectivity index (χ0v) is 13.3. The highest BCUT2D eigenvalue weighted by molar-refractivity contribution is 5.79. The highest BCUT2D eigenvalue weighted by Gasteiger charge is 2.21. The molecule has 0 atom stereocenters. The molecule has 0 aromatic heterocycles. The SMILES string of the molecule is CCOCCCN=C(NN)N1CCC(CN(C)C)CC1. The molecule has 1 aliphatic rings. The van der Waals surface area contributed by atoms with E-state index in [1.54, 1.807) is 0 Å². The van der Waals surface area contributed by atoms with Gasteiger partial charge in [-0.3, -0.25) is 10.4 Å². The van der Waals surface area contributed by atoms with Crippen molar-refractivity contribution < 1.29 is 4.74 Å². The Morgan fingerprint density at radius 1 is 1.40 bits per heavy atom. The van der Waals surface area contributed by atoms with Gasteiger partial charge in [0.1, 0.15) is 0 Å². The first-order valence-corrected chi connectivity index (χ1v) is 7.65. The maximum Gasteiger partial charge on any atom is 0.208 e. The Morgan fingerprint density at radius 2 is 2.10 bits per heavy atom. The lowest BCUT2D eigenvalue weighted by Crippen LogP contribution is -2.49. The molecule has 0 radical (unpaired) electrons. The fraction of sp³-hybridized carbons (Fsp3) is 0.929. The summed E-state index contributed by atoms with van der Waals surface area (Å²) in [7, 11) is 4.28. The van der Waals surface area contributed by atoms with Gasteiger partial charge in [-0.25, -0.2) is 5.84 Å². The van der Waals surface area contributed by atoms with Gasteiger partial charge in [0.25, 0.3) is 0 Å². The number of hydrogen-bond donors (Lipinski definition) is 2. The monoisotopic (exact) mass is 285 g/mol. The smallest absolute Gasteiger partial charge is 0.208 e. The van der Waals surface area contributed by atoms with Crippen molar-refractivity contribution in [3.63, 3.8) is 0 Å². The summed E-state index contributed by atoms with van der Waals surface area (Å²) in [6.07, 6.45) is 3.35. The van der Waals surface area contributed by atoms with Gasteiger partial charge in [0, 0.05) is 39.4 Å². The van der Waals surface area contributed by atoms with E-state index in [2.05, 4.69) is 34.3 Å². The van der Waals surface area contributed by atoms with Crippen molar-refractivity contribution in [1.29, 1.82) is 0 Å². The van der Waals surface area contributed by atoms with Crippen LogP contribution in [0.5, 0.6) is 0 Å². The Bertz CT molecular complexity index is 275. The van der Waals surface area contributed by atoms with E-state index in [-0.39, 0.29) is 0 Å². The summed E-state index contributed by atoms with van der Waals surface area (Å²) in [5.41, 5.74) is 2.74. The highest BCUT2D eigenvalue weighted by atomic mass is 16.5. The van der Waals surface area contributed by atoms with Crippen molar-refractivity contribution in [3.8, 4) is 0 Å². The normalized spacial score (nSPS) is 17.9. The lowest BCUT2D eigenvalue weighted by Gasteiger charge is -2.34. The summed E-state index contributed by atoms with van der Waals surface area (Å²) in [6, 6.07) is 0. The van der Waals surface area contributed by atoms with Crippen LogP contribution in [0, 0.1) is 5.92 Å². The number of nitrogens with two attached hydrogens (primary N) is 1. The summed E-state index contributed by atoms with van der Waals surface area (Å²) in [5.74, 6) is 7.21. The third-order valence-corrected chi connectivity index (χ3v) is 3.58. The van der Waals surface area contributed by atoms with Crippen molar-refractivity contribution in [2.24, 2.45) is 16.8 Å². The number of nitrogens with one attached hydrogen (secondary N) is 1. The largest absolute Gasteiger partial charge is 0.382 e. The lowest BCUT2D eigenvalue weighted by molar-refractivity contribution is 0.146. The minimum atomic E-state index is 0.761. The molecule has 0 saturated carbocycles. The quantitative estimate of drug-likeness (QED) is 0.234. The van der Waals surface area contributed by atoms with Crippen molar-refractivity contribution >= 4 is 5.96 Å². The summed E-state index contributed by atoms with van der Waals surface area (Å²) < 4.78 is 5.31. The number of ether oxygens (including phenoxy) is 1. The molecule has 0 aliphatic carbocycles. The number of rotatable bonds is 7. The van der Waals surface area contributed by atoms with Gasteiger partial charge in [-0.2, -0.15) is 0 Å². The Morgan fingerprint density at radius 3 is 2.65 bits per heavy atom. The van der Waals surface area contributed by atoms with Crippen LogP contribution in [0.3, 0.4) is 0 Å². The molecule has 1 rings (SSSR count). The number of nitrogens with zero attached hydrogens (tertiary/aromatic N) is 3. The Labute approximate surface area is 123 Å². The van der Waals surface area contributed by atoms with E-state index in [1.165, 1.54) is 19.4 Å². The van der Waals surface area contributed by atoms with Crippen LogP contribution >= 0.6 is 0 Å². The van der Waals surface area contributed by atoms with Gasteiger partial charge in [0.05, 0.1) is 0 Å². The number of piperidine rings is 1. The van der Waals surface area contributed by atoms with Gasteiger partial charge < -0.3 is 14.5 Å². The number of hydrazine groups is 1. The molecule has 20 heavy (non-hydrogen) atoms. The molecule has 1 heterocycles. The van der Waals surface area contributed by atoms with E-state index in [9.17, 15) is 0 Å². The Kier molecular flexibility index (Phi) is 8.57. The van der Waals surface area contributed by atoms with Gasteiger partial charge in [-0.05, 0) is 46.2 Å². The van der Waals surface area contributed by atoms with Crippen molar-refractivity contribution in [3.05, 3.63) is 0 Å². The molecule has 0 unspecified atom stereocenters. The lowest BCUT2D eigenvalue weighted by atomic mass is 9.96. The van der Waals surface area contributed by atoms with E-state index in [1.807, 2.05) is 6.92 Å². The van der Waals surface area contributed by atoms with Crippen LogP contribution < -0.4 is 11.3 Å². The fourth-order valence-corrected chi connectivity index (χ4v) is 2.58. The second-order valence-corrected chi connectivity index (χ2v) is 5.59. The van der Waals surface area contributed by atoms with Crippen LogP contribution in [0.4, 0.5) is 0 Å².